The second kappa shape index (κ2) is 7.23. The Labute approximate surface area is 173 Å². The topological polar surface area (TPSA) is 15.7 Å². The first-order chi connectivity index (χ1) is 14.2. The maximum atomic E-state index is 5.58. The highest BCUT2D eigenvalue weighted by molar-refractivity contribution is 5.66. The highest BCUT2D eigenvalue weighted by atomic mass is 16.5. The summed E-state index contributed by atoms with van der Waals surface area (Å²) in [7, 11) is 1.76. The average molecular weight is 385 g/mol. The molecule has 0 aromatic heterocycles. The number of fused-ring (bicyclic) bond motifs is 3. The third-order valence-electron chi connectivity index (χ3n) is 6.68. The number of ether oxygens (including phenoxy) is 1. The number of hydrogen-bond acceptors (Lipinski definition) is 3. The molecule has 0 saturated carbocycles. The molecule has 2 aliphatic heterocycles. The minimum atomic E-state index is 0.105. The van der Waals surface area contributed by atoms with Gasteiger partial charge in [0, 0.05) is 30.7 Å². The zero-order chi connectivity index (χ0) is 19.8. The van der Waals surface area contributed by atoms with Crippen molar-refractivity contribution in [1.29, 1.82) is 0 Å². The molecule has 5 rings (SSSR count). The van der Waals surface area contributed by atoms with Gasteiger partial charge in [-0.3, -0.25) is 4.90 Å². The number of rotatable bonds is 5. The van der Waals surface area contributed by atoms with Crippen molar-refractivity contribution in [2.75, 3.05) is 18.6 Å². The van der Waals surface area contributed by atoms with E-state index in [9.17, 15) is 0 Å². The molecule has 3 nitrogen and oxygen atoms in total. The zero-order valence-electron chi connectivity index (χ0n) is 17.2. The molecular weight excluding hydrogens is 356 g/mol. The molecule has 3 aromatic rings. The molecular formula is C26H28N2O. The molecule has 0 aliphatic carbocycles. The van der Waals surface area contributed by atoms with E-state index < -0.39 is 0 Å². The number of nitrogens with zero attached hydrogens (tertiary/aromatic N) is 2. The second-order valence-corrected chi connectivity index (χ2v) is 8.49. The van der Waals surface area contributed by atoms with Crippen molar-refractivity contribution in [3.8, 4) is 5.75 Å². The summed E-state index contributed by atoms with van der Waals surface area (Å²) in [4.78, 5) is 5.27. The molecule has 2 heterocycles. The van der Waals surface area contributed by atoms with Gasteiger partial charge in [-0.1, -0.05) is 67.6 Å². The quantitative estimate of drug-likeness (QED) is 0.601. The summed E-state index contributed by atoms with van der Waals surface area (Å²) in [6.45, 7) is 5.45. The zero-order valence-corrected chi connectivity index (χ0v) is 17.2. The summed E-state index contributed by atoms with van der Waals surface area (Å²) in [5.74, 6) is 0.951. The van der Waals surface area contributed by atoms with Gasteiger partial charge in [0.2, 0.25) is 0 Å². The Bertz CT molecular complexity index is 988. The predicted molar refractivity (Wildman–Crippen MR) is 118 cm³/mol. The Kier molecular flexibility index (Phi) is 4.56. The van der Waals surface area contributed by atoms with E-state index in [1.165, 1.54) is 22.4 Å². The molecule has 0 N–H and O–H groups in total. The van der Waals surface area contributed by atoms with Gasteiger partial charge in [-0.05, 0) is 41.3 Å². The van der Waals surface area contributed by atoms with E-state index in [2.05, 4.69) is 95.6 Å². The lowest BCUT2D eigenvalue weighted by Crippen LogP contribution is -2.48. The Morgan fingerprint density at radius 2 is 1.55 bits per heavy atom. The minimum absolute atomic E-state index is 0.105. The molecule has 0 radical (unpaired) electrons. The van der Waals surface area contributed by atoms with Crippen LogP contribution in [0.4, 0.5) is 5.69 Å². The molecule has 0 spiro atoms. The Morgan fingerprint density at radius 1 is 0.897 bits per heavy atom. The molecule has 0 bridgehead atoms. The molecule has 3 heteroatoms. The van der Waals surface area contributed by atoms with E-state index in [1.807, 2.05) is 0 Å². The van der Waals surface area contributed by atoms with Crippen LogP contribution in [0.3, 0.4) is 0 Å². The van der Waals surface area contributed by atoms with Crippen LogP contribution in [0.2, 0.25) is 0 Å². The van der Waals surface area contributed by atoms with Gasteiger partial charge < -0.3 is 9.64 Å². The van der Waals surface area contributed by atoms with Crippen LogP contribution in [-0.2, 0) is 18.5 Å². The molecule has 29 heavy (non-hydrogen) atoms. The van der Waals surface area contributed by atoms with Crippen molar-refractivity contribution in [3.63, 3.8) is 0 Å². The van der Waals surface area contributed by atoms with E-state index in [0.717, 1.165) is 31.8 Å². The van der Waals surface area contributed by atoms with Crippen LogP contribution in [0.1, 0.15) is 30.0 Å². The third kappa shape index (κ3) is 3.10. The smallest absolute Gasteiger partial charge is 0.119 e. The lowest BCUT2D eigenvalue weighted by molar-refractivity contribution is 0.208. The molecule has 1 saturated heterocycles. The maximum absolute atomic E-state index is 5.58. The average Bonchev–Trinajstić information content (AvgIpc) is 3.21. The SMILES string of the molecule is COc1ccc2c(c1)[C@@]1(C)CCN(Cc3ccccc3)C1N2Cc1ccccc1. The van der Waals surface area contributed by atoms with Crippen molar-refractivity contribution in [1.82, 2.24) is 4.90 Å². The maximum Gasteiger partial charge on any atom is 0.119 e. The number of likely N-dealkylation sites (tertiary alicyclic amines) is 1. The lowest BCUT2D eigenvalue weighted by atomic mass is 9.81. The monoisotopic (exact) mass is 384 g/mol. The number of benzene rings is 3. The number of hydrogen-bond donors (Lipinski definition) is 0. The Hall–Kier alpha value is -2.78. The first-order valence-electron chi connectivity index (χ1n) is 10.5. The Morgan fingerprint density at radius 3 is 2.21 bits per heavy atom. The van der Waals surface area contributed by atoms with Crippen molar-refractivity contribution >= 4 is 5.69 Å². The molecule has 2 aliphatic rings. The van der Waals surface area contributed by atoms with Crippen LogP contribution < -0.4 is 9.64 Å². The normalized spacial score (nSPS) is 23.1. The summed E-state index contributed by atoms with van der Waals surface area (Å²) >= 11 is 0. The van der Waals surface area contributed by atoms with Crippen LogP contribution in [0, 0.1) is 0 Å². The Balaban J connectivity index is 1.55. The van der Waals surface area contributed by atoms with E-state index in [4.69, 9.17) is 4.74 Å². The highest BCUT2D eigenvalue weighted by Gasteiger charge is 2.54. The molecule has 1 unspecified atom stereocenters. The molecule has 2 atom stereocenters. The highest BCUT2D eigenvalue weighted by Crippen LogP contribution is 2.53. The van der Waals surface area contributed by atoms with Gasteiger partial charge in [-0.2, -0.15) is 0 Å². The summed E-state index contributed by atoms with van der Waals surface area (Å²) in [5, 5.41) is 0. The van der Waals surface area contributed by atoms with Gasteiger partial charge >= 0.3 is 0 Å². The van der Waals surface area contributed by atoms with Gasteiger partial charge in [0.05, 0.1) is 13.3 Å². The fraction of sp³-hybridized carbons (Fsp3) is 0.308. The summed E-state index contributed by atoms with van der Waals surface area (Å²) < 4.78 is 5.58. The van der Waals surface area contributed by atoms with E-state index in [1.54, 1.807) is 7.11 Å². The number of anilines is 1. The van der Waals surface area contributed by atoms with Crippen LogP contribution in [-0.4, -0.2) is 24.7 Å². The summed E-state index contributed by atoms with van der Waals surface area (Å²) in [6.07, 6.45) is 1.51. The van der Waals surface area contributed by atoms with Gasteiger partial charge in [0.1, 0.15) is 5.75 Å². The lowest BCUT2D eigenvalue weighted by Gasteiger charge is -2.37. The van der Waals surface area contributed by atoms with Crippen molar-refractivity contribution in [3.05, 3.63) is 95.6 Å². The predicted octanol–water partition coefficient (Wildman–Crippen LogP) is 5.21. The first-order valence-corrected chi connectivity index (χ1v) is 10.5. The fourth-order valence-corrected chi connectivity index (χ4v) is 5.26. The van der Waals surface area contributed by atoms with E-state index in [0.29, 0.717) is 6.17 Å². The third-order valence-corrected chi connectivity index (χ3v) is 6.68. The van der Waals surface area contributed by atoms with Crippen LogP contribution in [0.15, 0.2) is 78.9 Å². The largest absolute Gasteiger partial charge is 0.497 e. The van der Waals surface area contributed by atoms with Crippen LogP contribution in [0.5, 0.6) is 5.75 Å². The van der Waals surface area contributed by atoms with Crippen molar-refractivity contribution in [2.45, 2.75) is 38.0 Å². The van der Waals surface area contributed by atoms with Crippen molar-refractivity contribution in [2.24, 2.45) is 0 Å². The molecule has 1 fully saturated rings. The molecule has 0 amide bonds. The standard InChI is InChI=1S/C26H28N2O/c1-26-15-16-27(18-20-9-5-3-6-10-20)25(26)28(19-21-11-7-4-8-12-21)24-14-13-22(29-2)17-23(24)26/h3-14,17,25H,15-16,18-19H2,1-2H3/t25?,26-/m1/s1. The van der Waals surface area contributed by atoms with Crippen molar-refractivity contribution < 1.29 is 4.74 Å². The van der Waals surface area contributed by atoms with Crippen LogP contribution >= 0.6 is 0 Å². The van der Waals surface area contributed by atoms with Crippen LogP contribution in [0.25, 0.3) is 0 Å². The van der Waals surface area contributed by atoms with Gasteiger partial charge in [0.25, 0.3) is 0 Å². The molecule has 148 valence electrons. The van der Waals surface area contributed by atoms with Gasteiger partial charge in [-0.15, -0.1) is 0 Å². The minimum Gasteiger partial charge on any atom is -0.497 e. The number of methoxy groups -OCH3 is 1. The van der Waals surface area contributed by atoms with Gasteiger partial charge in [-0.25, -0.2) is 0 Å². The first kappa shape index (κ1) is 18.3. The van der Waals surface area contributed by atoms with E-state index in [-0.39, 0.29) is 5.41 Å². The summed E-state index contributed by atoms with van der Waals surface area (Å²) in [5.41, 5.74) is 5.61. The summed E-state index contributed by atoms with van der Waals surface area (Å²) in [6, 6.07) is 28.3. The fourth-order valence-electron chi connectivity index (χ4n) is 5.26. The van der Waals surface area contributed by atoms with Gasteiger partial charge in [0.15, 0.2) is 0 Å². The molecule has 3 aromatic carbocycles. The van der Waals surface area contributed by atoms with E-state index >= 15 is 0 Å². The second-order valence-electron chi connectivity index (χ2n) is 8.49.